The number of carbonyl (C=O) groups is 1. The highest BCUT2D eigenvalue weighted by atomic mass is 16.1. The third kappa shape index (κ3) is 5.90. The van der Waals surface area contributed by atoms with Crippen molar-refractivity contribution in [2.45, 2.75) is 71.3 Å². The van der Waals surface area contributed by atoms with Crippen molar-refractivity contribution in [1.29, 1.82) is 0 Å². The lowest BCUT2D eigenvalue weighted by molar-refractivity contribution is -0.118. The first-order valence-electron chi connectivity index (χ1n) is 8.11. The predicted molar refractivity (Wildman–Crippen MR) is 82.3 cm³/mol. The number of hydrogen-bond donors (Lipinski definition) is 0. The molecule has 1 aliphatic heterocycles. The fraction of sp³-hybridized carbons (Fsp3) is 0.824. The lowest BCUT2D eigenvalue weighted by Crippen LogP contribution is -2.23. The Morgan fingerprint density at radius 2 is 1.89 bits per heavy atom. The molecule has 1 saturated heterocycles. The summed E-state index contributed by atoms with van der Waals surface area (Å²) in [5, 5.41) is 0. The number of likely N-dealkylation sites (tertiary alicyclic amines) is 1. The van der Waals surface area contributed by atoms with Gasteiger partial charge in [-0.2, -0.15) is 0 Å². The van der Waals surface area contributed by atoms with Crippen LogP contribution in [-0.2, 0) is 4.79 Å². The summed E-state index contributed by atoms with van der Waals surface area (Å²) < 4.78 is 0. The molecule has 110 valence electrons. The van der Waals surface area contributed by atoms with Gasteiger partial charge in [0.15, 0.2) is 5.78 Å². The molecule has 1 atom stereocenters. The molecule has 0 N–H and O–H groups in total. The molecule has 2 heteroatoms. The van der Waals surface area contributed by atoms with Crippen LogP contribution < -0.4 is 0 Å². The van der Waals surface area contributed by atoms with E-state index in [1.165, 1.54) is 38.5 Å². The van der Waals surface area contributed by atoms with Crippen molar-refractivity contribution in [1.82, 2.24) is 4.90 Å². The van der Waals surface area contributed by atoms with Gasteiger partial charge in [-0.15, -0.1) is 0 Å². The Morgan fingerprint density at radius 3 is 2.37 bits per heavy atom. The Balaban J connectivity index is 2.47. The first-order valence-corrected chi connectivity index (χ1v) is 8.11. The predicted octanol–water partition coefficient (Wildman–Crippen LogP) is 4.20. The molecule has 0 unspecified atom stereocenters. The molecule has 1 fully saturated rings. The maximum Gasteiger partial charge on any atom is 0.158 e. The van der Waals surface area contributed by atoms with Gasteiger partial charge in [0.1, 0.15) is 0 Å². The van der Waals surface area contributed by atoms with Crippen molar-refractivity contribution in [2.75, 3.05) is 13.6 Å². The minimum Gasteiger partial charge on any atom is -0.300 e. The molecule has 0 aliphatic carbocycles. The summed E-state index contributed by atoms with van der Waals surface area (Å²) in [4.78, 5) is 14.7. The van der Waals surface area contributed by atoms with Crippen LogP contribution in [-0.4, -0.2) is 30.3 Å². The summed E-state index contributed by atoms with van der Waals surface area (Å²) in [6.07, 6.45) is 13.3. The Kier molecular flexibility index (Phi) is 8.04. The molecule has 0 aromatic heterocycles. The summed E-state index contributed by atoms with van der Waals surface area (Å²) in [7, 11) is 2.15. The Morgan fingerprint density at radius 1 is 1.26 bits per heavy atom. The minimum atomic E-state index is 0.267. The standard InChI is InChI=1S/C17H31NO/c1-4-6-9-15(10-7-5-2)17(19)13-12-16-11-8-14-18(16)3/h12-13,15-16H,4-11,14H2,1-3H3/b13-12+/t16-/m0/s1. The van der Waals surface area contributed by atoms with Crippen molar-refractivity contribution in [3.8, 4) is 0 Å². The second kappa shape index (κ2) is 9.30. The summed E-state index contributed by atoms with van der Waals surface area (Å²) in [5.41, 5.74) is 0. The zero-order valence-electron chi connectivity index (χ0n) is 13.0. The largest absolute Gasteiger partial charge is 0.300 e. The van der Waals surface area contributed by atoms with E-state index < -0.39 is 0 Å². The van der Waals surface area contributed by atoms with E-state index in [4.69, 9.17) is 0 Å². The van der Waals surface area contributed by atoms with E-state index in [0.717, 1.165) is 19.4 Å². The first kappa shape index (κ1) is 16.4. The number of ketones is 1. The van der Waals surface area contributed by atoms with Crippen LogP contribution in [0.4, 0.5) is 0 Å². The molecule has 1 rings (SSSR count). The van der Waals surface area contributed by atoms with E-state index in [9.17, 15) is 4.79 Å². The van der Waals surface area contributed by atoms with E-state index in [1.54, 1.807) is 0 Å². The van der Waals surface area contributed by atoms with Crippen LogP contribution in [0, 0.1) is 5.92 Å². The van der Waals surface area contributed by atoms with Gasteiger partial charge in [0, 0.05) is 12.0 Å². The first-order chi connectivity index (χ1) is 9.19. The zero-order valence-corrected chi connectivity index (χ0v) is 13.0. The molecule has 0 aromatic rings. The summed E-state index contributed by atoms with van der Waals surface area (Å²) >= 11 is 0. The maximum absolute atomic E-state index is 12.3. The summed E-state index contributed by atoms with van der Waals surface area (Å²) in [5.74, 6) is 0.630. The van der Waals surface area contributed by atoms with Gasteiger partial charge in [0.2, 0.25) is 0 Å². The van der Waals surface area contributed by atoms with E-state index in [0.29, 0.717) is 11.8 Å². The number of nitrogens with zero attached hydrogens (tertiary/aromatic N) is 1. The summed E-state index contributed by atoms with van der Waals surface area (Å²) in [6, 6.07) is 0.488. The van der Waals surface area contributed by atoms with Gasteiger partial charge in [-0.1, -0.05) is 45.6 Å². The topological polar surface area (TPSA) is 20.3 Å². The van der Waals surface area contributed by atoms with Crippen molar-refractivity contribution in [2.24, 2.45) is 5.92 Å². The molecular formula is C17H31NO. The number of hydrogen-bond acceptors (Lipinski definition) is 2. The SMILES string of the molecule is CCCCC(CCCC)C(=O)/C=C/[C@@H]1CCCN1C. The van der Waals surface area contributed by atoms with Crippen molar-refractivity contribution >= 4 is 5.78 Å². The number of allylic oxidation sites excluding steroid dienone is 1. The molecule has 1 heterocycles. The summed E-state index contributed by atoms with van der Waals surface area (Å²) in [6.45, 7) is 5.56. The lowest BCUT2D eigenvalue weighted by Gasteiger charge is -2.16. The molecule has 1 aliphatic rings. The second-order valence-corrected chi connectivity index (χ2v) is 5.93. The Hall–Kier alpha value is -0.630. The highest BCUT2D eigenvalue weighted by molar-refractivity contribution is 5.91. The monoisotopic (exact) mass is 265 g/mol. The molecule has 0 aromatic carbocycles. The van der Waals surface area contributed by atoms with Crippen LogP contribution in [0.2, 0.25) is 0 Å². The van der Waals surface area contributed by atoms with Crippen LogP contribution in [0.3, 0.4) is 0 Å². The van der Waals surface area contributed by atoms with Crippen molar-refractivity contribution in [3.05, 3.63) is 12.2 Å². The quantitative estimate of drug-likeness (QED) is 0.582. The number of unbranched alkanes of at least 4 members (excludes halogenated alkanes) is 2. The highest BCUT2D eigenvalue weighted by Crippen LogP contribution is 2.20. The average Bonchev–Trinajstić information content (AvgIpc) is 2.82. The van der Waals surface area contributed by atoms with Gasteiger partial charge in [-0.25, -0.2) is 0 Å². The number of carbonyl (C=O) groups excluding carboxylic acids is 1. The molecule has 2 nitrogen and oxygen atoms in total. The van der Waals surface area contributed by atoms with Gasteiger partial charge >= 0.3 is 0 Å². The number of likely N-dealkylation sites (N-methyl/N-ethyl adjacent to an activating group) is 1. The smallest absolute Gasteiger partial charge is 0.158 e. The third-order valence-corrected chi connectivity index (χ3v) is 4.27. The van der Waals surface area contributed by atoms with Crippen LogP contribution in [0.1, 0.15) is 65.2 Å². The van der Waals surface area contributed by atoms with Crippen LogP contribution >= 0.6 is 0 Å². The molecule has 0 spiro atoms. The minimum absolute atomic E-state index is 0.267. The fourth-order valence-electron chi connectivity index (χ4n) is 2.85. The van der Waals surface area contributed by atoms with Gasteiger partial charge in [-0.05, 0) is 45.4 Å². The molecule has 19 heavy (non-hydrogen) atoms. The van der Waals surface area contributed by atoms with Gasteiger partial charge < -0.3 is 0 Å². The molecule has 0 radical (unpaired) electrons. The van der Waals surface area contributed by atoms with Gasteiger partial charge in [0.05, 0.1) is 0 Å². The van der Waals surface area contributed by atoms with Crippen molar-refractivity contribution < 1.29 is 4.79 Å². The zero-order chi connectivity index (χ0) is 14.1. The fourth-order valence-corrected chi connectivity index (χ4v) is 2.85. The maximum atomic E-state index is 12.3. The van der Waals surface area contributed by atoms with E-state index in [-0.39, 0.29) is 5.92 Å². The Bertz CT molecular complexity index is 277. The Labute approximate surface area is 119 Å². The second-order valence-electron chi connectivity index (χ2n) is 5.93. The lowest BCUT2D eigenvalue weighted by atomic mass is 9.91. The van der Waals surface area contributed by atoms with E-state index in [2.05, 4.69) is 31.9 Å². The molecular weight excluding hydrogens is 234 g/mol. The van der Waals surface area contributed by atoms with Crippen LogP contribution in [0.5, 0.6) is 0 Å². The van der Waals surface area contributed by atoms with Gasteiger partial charge in [-0.3, -0.25) is 9.69 Å². The normalized spacial score (nSPS) is 20.7. The van der Waals surface area contributed by atoms with Crippen LogP contribution in [0.25, 0.3) is 0 Å². The third-order valence-electron chi connectivity index (χ3n) is 4.27. The highest BCUT2D eigenvalue weighted by Gasteiger charge is 2.19. The molecule has 0 amide bonds. The molecule has 0 bridgehead atoms. The average molecular weight is 265 g/mol. The van der Waals surface area contributed by atoms with E-state index in [1.807, 2.05) is 6.08 Å². The van der Waals surface area contributed by atoms with Crippen LogP contribution in [0.15, 0.2) is 12.2 Å². The van der Waals surface area contributed by atoms with E-state index >= 15 is 0 Å². The molecule has 0 saturated carbocycles. The van der Waals surface area contributed by atoms with Crippen molar-refractivity contribution in [3.63, 3.8) is 0 Å². The number of rotatable bonds is 9. The van der Waals surface area contributed by atoms with Gasteiger partial charge in [0.25, 0.3) is 0 Å².